The van der Waals surface area contributed by atoms with Crippen molar-refractivity contribution in [3.8, 4) is 0 Å². The molecule has 0 heterocycles. The Morgan fingerprint density at radius 2 is 0.968 bits per heavy atom. The van der Waals surface area contributed by atoms with E-state index in [4.69, 9.17) is 4.74 Å². The van der Waals surface area contributed by atoms with Crippen molar-refractivity contribution in [3.05, 3.63) is 107 Å². The molecule has 0 unspecified atom stereocenters. The Labute approximate surface area is 187 Å². The maximum absolute atomic E-state index is 11.3. The normalized spacial score (nSPS) is 14.6. The van der Waals surface area contributed by atoms with Gasteiger partial charge in [0.1, 0.15) is 0 Å². The predicted octanol–water partition coefficient (Wildman–Crippen LogP) is 6.29. The summed E-state index contributed by atoms with van der Waals surface area (Å²) in [5.74, 6) is -0.701. The van der Waals surface area contributed by atoms with E-state index in [1.807, 2.05) is 88.5 Å². The third-order valence-electron chi connectivity index (χ3n) is 3.72. The molecule has 0 atom stereocenters. The van der Waals surface area contributed by atoms with Crippen molar-refractivity contribution in [3.63, 3.8) is 0 Å². The summed E-state index contributed by atoms with van der Waals surface area (Å²) in [4.78, 5) is 22.3. The zero-order valence-corrected chi connectivity index (χ0v) is 19.4. The molecule has 0 aromatic carbocycles. The molecule has 0 aliphatic heterocycles. The SMILES string of the molecule is CCOC(=O)/C=C/C(C)=C/C=C/C(C)=C/C=C/C=C(C)/C=C/C=C(C)\C=C\C(=O)OC. The minimum Gasteiger partial charge on any atom is -0.466 e. The quantitative estimate of drug-likeness (QED) is 0.223. The molecule has 0 N–H and O–H groups in total. The molecule has 0 rings (SSSR count). The third-order valence-corrected chi connectivity index (χ3v) is 3.72. The summed E-state index contributed by atoms with van der Waals surface area (Å²) >= 11 is 0. The van der Waals surface area contributed by atoms with E-state index in [-0.39, 0.29) is 11.9 Å². The second-order valence-electron chi connectivity index (χ2n) is 6.69. The minimum atomic E-state index is -0.367. The minimum absolute atomic E-state index is 0.333. The number of esters is 2. The van der Waals surface area contributed by atoms with Crippen LogP contribution in [0.3, 0.4) is 0 Å². The third kappa shape index (κ3) is 17.2. The molecule has 0 spiro atoms. The number of rotatable bonds is 11. The van der Waals surface area contributed by atoms with Crippen LogP contribution in [0.15, 0.2) is 107 Å². The second kappa shape index (κ2) is 17.5. The fourth-order valence-electron chi connectivity index (χ4n) is 2.00. The molecule has 0 saturated carbocycles. The Kier molecular flexibility index (Phi) is 15.5. The average Bonchev–Trinajstić information content (AvgIpc) is 2.73. The molecule has 4 nitrogen and oxygen atoms in total. The van der Waals surface area contributed by atoms with Gasteiger partial charge in [0, 0.05) is 12.2 Å². The van der Waals surface area contributed by atoms with Gasteiger partial charge in [0.05, 0.1) is 13.7 Å². The van der Waals surface area contributed by atoms with Gasteiger partial charge in [0.25, 0.3) is 0 Å². The van der Waals surface area contributed by atoms with Crippen molar-refractivity contribution in [2.45, 2.75) is 34.6 Å². The Morgan fingerprint density at radius 3 is 1.39 bits per heavy atom. The van der Waals surface area contributed by atoms with E-state index in [9.17, 15) is 9.59 Å². The van der Waals surface area contributed by atoms with Gasteiger partial charge < -0.3 is 9.47 Å². The van der Waals surface area contributed by atoms with Gasteiger partial charge in [0.2, 0.25) is 0 Å². The summed E-state index contributed by atoms with van der Waals surface area (Å²) < 4.78 is 9.40. The van der Waals surface area contributed by atoms with Crippen molar-refractivity contribution in [2.75, 3.05) is 13.7 Å². The van der Waals surface area contributed by atoms with Crippen LogP contribution in [0.5, 0.6) is 0 Å². The molecule has 0 amide bonds. The highest BCUT2D eigenvalue weighted by Crippen LogP contribution is 2.02. The molecule has 0 saturated heterocycles. The highest BCUT2D eigenvalue weighted by atomic mass is 16.5. The van der Waals surface area contributed by atoms with Gasteiger partial charge in [-0.25, -0.2) is 9.59 Å². The number of allylic oxidation sites excluding steroid dienone is 16. The van der Waals surface area contributed by atoms with Crippen molar-refractivity contribution >= 4 is 11.9 Å². The zero-order valence-electron chi connectivity index (χ0n) is 19.4. The van der Waals surface area contributed by atoms with Gasteiger partial charge in [-0.05, 0) is 34.6 Å². The lowest BCUT2D eigenvalue weighted by Gasteiger charge is -1.94. The van der Waals surface area contributed by atoms with Gasteiger partial charge in [0.15, 0.2) is 0 Å². The van der Waals surface area contributed by atoms with Gasteiger partial charge >= 0.3 is 11.9 Å². The fourth-order valence-corrected chi connectivity index (χ4v) is 2.00. The molecule has 4 heteroatoms. The summed E-state index contributed by atoms with van der Waals surface area (Å²) in [6.07, 6.45) is 26.0. The van der Waals surface area contributed by atoms with Crippen molar-refractivity contribution in [1.29, 1.82) is 0 Å². The largest absolute Gasteiger partial charge is 0.466 e. The summed E-state index contributed by atoms with van der Waals surface area (Å²) in [5.41, 5.74) is 4.12. The number of carbonyl (C=O) groups is 2. The number of hydrogen-bond acceptors (Lipinski definition) is 4. The number of carbonyl (C=O) groups excluding carboxylic acids is 2. The van der Waals surface area contributed by atoms with E-state index in [1.165, 1.54) is 19.3 Å². The molecule has 0 aromatic heterocycles. The van der Waals surface area contributed by atoms with E-state index in [0.717, 1.165) is 22.3 Å². The standard InChI is InChI=1S/C27H34O4/c1-7-31-27(29)21-19-25(5)17-11-15-23(3)13-9-8-12-22(2)14-10-16-24(4)18-20-26(28)30-6/h8-21H,7H2,1-6H3/b9-8+,14-10+,15-11+,20-18+,21-19+,22-12+,23-13+,24-16-,25-17+. The van der Waals surface area contributed by atoms with Crippen LogP contribution in [-0.4, -0.2) is 25.7 Å². The Hall–Kier alpha value is -3.40. The highest BCUT2D eigenvalue weighted by molar-refractivity contribution is 5.82. The number of hydrogen-bond donors (Lipinski definition) is 0. The lowest BCUT2D eigenvalue weighted by Crippen LogP contribution is -1.98. The van der Waals surface area contributed by atoms with Gasteiger partial charge in [-0.1, -0.05) is 95.2 Å². The van der Waals surface area contributed by atoms with E-state index in [0.29, 0.717) is 6.61 Å². The maximum atomic E-state index is 11.3. The summed E-state index contributed by atoms with van der Waals surface area (Å²) in [6, 6.07) is 0. The van der Waals surface area contributed by atoms with E-state index >= 15 is 0 Å². The Bertz CT molecular complexity index is 854. The van der Waals surface area contributed by atoms with Crippen molar-refractivity contribution < 1.29 is 19.1 Å². The van der Waals surface area contributed by atoms with Gasteiger partial charge in [-0.3, -0.25) is 0 Å². The first-order valence-electron chi connectivity index (χ1n) is 10.1. The van der Waals surface area contributed by atoms with E-state index in [1.54, 1.807) is 19.1 Å². The average molecular weight is 423 g/mol. The summed E-state index contributed by atoms with van der Waals surface area (Å²) in [6.45, 7) is 10.0. The molecule has 0 aliphatic carbocycles. The number of ether oxygens (including phenoxy) is 2. The van der Waals surface area contributed by atoms with Crippen LogP contribution in [0.25, 0.3) is 0 Å². The zero-order chi connectivity index (χ0) is 23.5. The molecule has 0 aliphatic rings. The molecule has 166 valence electrons. The molecule has 31 heavy (non-hydrogen) atoms. The van der Waals surface area contributed by atoms with Crippen LogP contribution in [-0.2, 0) is 19.1 Å². The smallest absolute Gasteiger partial charge is 0.330 e. The van der Waals surface area contributed by atoms with Crippen molar-refractivity contribution in [1.82, 2.24) is 0 Å². The van der Waals surface area contributed by atoms with Crippen molar-refractivity contribution in [2.24, 2.45) is 0 Å². The Morgan fingerprint density at radius 1 is 0.581 bits per heavy atom. The predicted molar refractivity (Wildman–Crippen MR) is 129 cm³/mol. The lowest BCUT2D eigenvalue weighted by atomic mass is 10.2. The van der Waals surface area contributed by atoms with Crippen LogP contribution in [0, 0.1) is 0 Å². The van der Waals surface area contributed by atoms with Crippen LogP contribution in [0.1, 0.15) is 34.6 Å². The molecule has 0 radical (unpaired) electrons. The Balaban J connectivity index is 4.67. The molecule has 0 aromatic rings. The summed E-state index contributed by atoms with van der Waals surface area (Å²) in [7, 11) is 1.35. The lowest BCUT2D eigenvalue weighted by molar-refractivity contribution is -0.137. The van der Waals surface area contributed by atoms with Crippen LogP contribution >= 0.6 is 0 Å². The molecule has 0 fully saturated rings. The topological polar surface area (TPSA) is 52.6 Å². The van der Waals surface area contributed by atoms with Crippen LogP contribution in [0.2, 0.25) is 0 Å². The molecule has 0 bridgehead atoms. The maximum Gasteiger partial charge on any atom is 0.330 e. The highest BCUT2D eigenvalue weighted by Gasteiger charge is 1.92. The van der Waals surface area contributed by atoms with Gasteiger partial charge in [-0.15, -0.1) is 0 Å². The molecular formula is C27H34O4. The van der Waals surface area contributed by atoms with E-state index < -0.39 is 0 Å². The number of methoxy groups -OCH3 is 1. The molecular weight excluding hydrogens is 388 g/mol. The summed E-state index contributed by atoms with van der Waals surface area (Å²) in [5, 5.41) is 0. The first kappa shape index (κ1) is 27.6. The van der Waals surface area contributed by atoms with E-state index in [2.05, 4.69) is 4.74 Å². The fraction of sp³-hybridized carbons (Fsp3) is 0.259. The first-order valence-corrected chi connectivity index (χ1v) is 10.1. The van der Waals surface area contributed by atoms with Crippen LogP contribution < -0.4 is 0 Å². The second-order valence-corrected chi connectivity index (χ2v) is 6.69. The first-order chi connectivity index (χ1) is 14.8. The monoisotopic (exact) mass is 422 g/mol. The van der Waals surface area contributed by atoms with Crippen LogP contribution in [0.4, 0.5) is 0 Å². The van der Waals surface area contributed by atoms with Gasteiger partial charge in [-0.2, -0.15) is 0 Å².